The fourth-order valence-electron chi connectivity index (χ4n) is 5.13. The summed E-state index contributed by atoms with van der Waals surface area (Å²) in [7, 11) is 0. The first-order chi connectivity index (χ1) is 18.4. The number of hydrogen-bond acceptors (Lipinski definition) is 9. The minimum Gasteiger partial charge on any atom is -0.474 e. The van der Waals surface area contributed by atoms with Crippen LogP contribution >= 0.6 is 0 Å². The Morgan fingerprint density at radius 2 is 2.11 bits per heavy atom. The van der Waals surface area contributed by atoms with Gasteiger partial charge in [-0.05, 0) is 30.0 Å². The standard InChI is InChI=1S/C26H28F2N6O4/c1-13-17(8-32-25-24(13)30-3-5-37-25)16-6-14-7-21(31-9-18(14)23(29)22(16)28)33-26(35)38-20-2-4-34(10-19(20)27)15-11-36-12-15/h6-9,15,19-20,30H,2-5,10-12,29H2,1H3,(H,31,33,35)/t19-,20+/m1/s1. The number of nitrogens with one attached hydrogen (secondary N) is 2. The van der Waals surface area contributed by atoms with E-state index < -0.39 is 24.2 Å². The number of nitrogens with two attached hydrogens (primary N) is 1. The van der Waals surface area contributed by atoms with E-state index in [1.54, 1.807) is 18.3 Å². The highest BCUT2D eigenvalue weighted by Gasteiger charge is 2.37. The van der Waals surface area contributed by atoms with Crippen LogP contribution in [0.25, 0.3) is 21.9 Å². The van der Waals surface area contributed by atoms with Gasteiger partial charge in [-0.3, -0.25) is 10.2 Å². The van der Waals surface area contributed by atoms with Crippen LogP contribution in [0.5, 0.6) is 5.88 Å². The number of anilines is 3. The van der Waals surface area contributed by atoms with Gasteiger partial charge in [0, 0.05) is 55.0 Å². The molecule has 0 unspecified atom stereocenters. The summed E-state index contributed by atoms with van der Waals surface area (Å²) >= 11 is 0. The molecular weight excluding hydrogens is 498 g/mol. The zero-order valence-corrected chi connectivity index (χ0v) is 20.8. The van der Waals surface area contributed by atoms with Crippen LogP contribution in [0.3, 0.4) is 0 Å². The fourth-order valence-corrected chi connectivity index (χ4v) is 5.13. The van der Waals surface area contributed by atoms with Crippen LogP contribution in [-0.4, -0.2) is 78.7 Å². The Morgan fingerprint density at radius 1 is 1.26 bits per heavy atom. The lowest BCUT2D eigenvalue weighted by Crippen LogP contribution is -2.56. The van der Waals surface area contributed by atoms with Crippen LogP contribution < -0.4 is 21.1 Å². The second kappa shape index (κ2) is 9.84. The molecule has 6 rings (SSSR count). The number of pyridine rings is 2. The van der Waals surface area contributed by atoms with Gasteiger partial charge in [-0.15, -0.1) is 0 Å². The van der Waals surface area contributed by atoms with Crippen LogP contribution in [0.4, 0.5) is 30.8 Å². The summed E-state index contributed by atoms with van der Waals surface area (Å²) in [5.41, 5.74) is 8.39. The van der Waals surface area contributed by atoms with E-state index in [4.69, 9.17) is 19.9 Å². The first-order valence-electron chi connectivity index (χ1n) is 12.6. The van der Waals surface area contributed by atoms with Gasteiger partial charge in [0.05, 0.1) is 24.9 Å². The van der Waals surface area contributed by atoms with Crippen molar-refractivity contribution in [3.8, 4) is 17.0 Å². The Hall–Kier alpha value is -3.77. The Labute approximate surface area is 217 Å². The Bertz CT molecular complexity index is 1400. The van der Waals surface area contributed by atoms with Crippen molar-refractivity contribution in [1.29, 1.82) is 0 Å². The molecule has 2 aromatic heterocycles. The van der Waals surface area contributed by atoms with Gasteiger partial charge in [0.2, 0.25) is 5.88 Å². The number of alkyl halides is 1. The number of carbonyl (C=O) groups excluding carboxylic acids is 1. The number of nitrogen functional groups attached to an aromatic ring is 1. The van der Waals surface area contributed by atoms with Crippen LogP contribution in [0.2, 0.25) is 0 Å². The molecule has 10 nitrogen and oxygen atoms in total. The lowest BCUT2D eigenvalue weighted by Gasteiger charge is -2.42. The molecule has 0 saturated carbocycles. The minimum atomic E-state index is -1.29. The number of aromatic nitrogens is 2. The third kappa shape index (κ3) is 4.43. The van der Waals surface area contributed by atoms with E-state index >= 15 is 4.39 Å². The summed E-state index contributed by atoms with van der Waals surface area (Å²) in [6.45, 7) is 5.03. The molecule has 1 amide bonds. The molecule has 0 spiro atoms. The predicted octanol–water partition coefficient (Wildman–Crippen LogP) is 3.49. The number of rotatable bonds is 4. The van der Waals surface area contributed by atoms with Gasteiger partial charge in [0.1, 0.15) is 30.4 Å². The number of piperidine rings is 1. The van der Waals surface area contributed by atoms with E-state index in [1.165, 1.54) is 6.20 Å². The molecule has 0 aliphatic carbocycles. The number of amides is 1. The number of carbonyl (C=O) groups is 1. The van der Waals surface area contributed by atoms with Crippen LogP contribution in [0.15, 0.2) is 24.5 Å². The maximum absolute atomic E-state index is 15.4. The normalized spacial score (nSPS) is 21.7. The van der Waals surface area contributed by atoms with Crippen molar-refractivity contribution in [2.45, 2.75) is 31.7 Å². The van der Waals surface area contributed by atoms with Gasteiger partial charge < -0.3 is 25.3 Å². The molecule has 3 aromatic rings. The molecule has 200 valence electrons. The maximum atomic E-state index is 15.4. The Morgan fingerprint density at radius 3 is 2.87 bits per heavy atom. The molecule has 2 saturated heterocycles. The topological polar surface area (TPSA) is 124 Å². The lowest BCUT2D eigenvalue weighted by atomic mass is 9.97. The zero-order valence-electron chi connectivity index (χ0n) is 20.8. The Balaban J connectivity index is 1.21. The average molecular weight is 527 g/mol. The van der Waals surface area contributed by atoms with E-state index in [0.29, 0.717) is 67.2 Å². The number of benzene rings is 1. The largest absolute Gasteiger partial charge is 0.474 e. The molecule has 12 heteroatoms. The number of halogens is 2. The SMILES string of the molecule is Cc1c(-c2cc3cc(NC(=O)O[C@H]4CCN(C5COC5)C[C@H]4F)ncc3c(N)c2F)cnc2c1NCCO2. The highest BCUT2D eigenvalue weighted by Crippen LogP contribution is 2.39. The number of likely N-dealkylation sites (tertiary alicyclic amines) is 1. The van der Waals surface area contributed by atoms with E-state index in [1.807, 2.05) is 11.8 Å². The third-order valence-corrected chi connectivity index (χ3v) is 7.37. The van der Waals surface area contributed by atoms with Gasteiger partial charge in [-0.1, -0.05) is 0 Å². The molecule has 3 aliphatic heterocycles. The Kier molecular flexibility index (Phi) is 6.36. The van der Waals surface area contributed by atoms with Crippen LogP contribution in [0.1, 0.15) is 12.0 Å². The van der Waals surface area contributed by atoms with Gasteiger partial charge in [-0.2, -0.15) is 0 Å². The molecular formula is C26H28F2N6O4. The molecule has 0 bridgehead atoms. The third-order valence-electron chi connectivity index (χ3n) is 7.37. The van der Waals surface area contributed by atoms with Crippen molar-refractivity contribution in [2.75, 3.05) is 55.8 Å². The molecule has 38 heavy (non-hydrogen) atoms. The molecule has 3 aliphatic rings. The molecule has 0 radical (unpaired) electrons. The summed E-state index contributed by atoms with van der Waals surface area (Å²) in [5, 5.41) is 6.76. The van der Waals surface area contributed by atoms with E-state index in [2.05, 4.69) is 20.6 Å². The van der Waals surface area contributed by atoms with Gasteiger partial charge >= 0.3 is 6.09 Å². The molecule has 2 atom stereocenters. The van der Waals surface area contributed by atoms with Gasteiger partial charge in [0.25, 0.3) is 0 Å². The van der Waals surface area contributed by atoms with E-state index in [-0.39, 0.29) is 29.7 Å². The fraction of sp³-hybridized carbons (Fsp3) is 0.423. The quantitative estimate of drug-likeness (QED) is 0.438. The monoisotopic (exact) mass is 526 g/mol. The van der Waals surface area contributed by atoms with Crippen molar-refractivity contribution in [3.05, 3.63) is 35.9 Å². The first kappa shape index (κ1) is 24.6. The van der Waals surface area contributed by atoms with E-state index in [0.717, 1.165) is 5.56 Å². The summed E-state index contributed by atoms with van der Waals surface area (Å²) in [5.74, 6) is 0.0585. The van der Waals surface area contributed by atoms with Gasteiger partial charge in [0.15, 0.2) is 5.82 Å². The smallest absolute Gasteiger partial charge is 0.413 e. The van der Waals surface area contributed by atoms with Crippen molar-refractivity contribution in [1.82, 2.24) is 14.9 Å². The van der Waals surface area contributed by atoms with Crippen molar-refractivity contribution < 1.29 is 27.8 Å². The molecule has 1 aromatic carbocycles. The summed E-state index contributed by atoms with van der Waals surface area (Å²) in [6.07, 6.45) is 0.390. The highest BCUT2D eigenvalue weighted by atomic mass is 19.1. The maximum Gasteiger partial charge on any atom is 0.413 e. The number of fused-ring (bicyclic) bond motifs is 2. The first-order valence-corrected chi connectivity index (χ1v) is 12.6. The second-order valence-corrected chi connectivity index (χ2v) is 9.75. The summed E-state index contributed by atoms with van der Waals surface area (Å²) in [6, 6.07) is 3.44. The van der Waals surface area contributed by atoms with Crippen molar-refractivity contribution in [2.24, 2.45) is 0 Å². The van der Waals surface area contributed by atoms with Crippen molar-refractivity contribution in [3.63, 3.8) is 0 Å². The molecule has 4 N–H and O–H groups in total. The second-order valence-electron chi connectivity index (χ2n) is 9.75. The lowest BCUT2D eigenvalue weighted by molar-refractivity contribution is -0.0964. The van der Waals surface area contributed by atoms with Crippen molar-refractivity contribution >= 4 is 34.1 Å². The molecule has 2 fully saturated rings. The average Bonchev–Trinajstić information content (AvgIpc) is 2.87. The number of ether oxygens (including phenoxy) is 3. The zero-order chi connectivity index (χ0) is 26.4. The number of nitrogens with zero attached hydrogens (tertiary/aromatic N) is 3. The van der Waals surface area contributed by atoms with E-state index in [9.17, 15) is 9.18 Å². The minimum absolute atomic E-state index is 0.0654. The van der Waals surface area contributed by atoms with Crippen LogP contribution in [-0.2, 0) is 9.47 Å². The summed E-state index contributed by atoms with van der Waals surface area (Å²) < 4.78 is 46.2. The van der Waals surface area contributed by atoms with Crippen LogP contribution in [0, 0.1) is 12.7 Å². The predicted molar refractivity (Wildman–Crippen MR) is 138 cm³/mol. The van der Waals surface area contributed by atoms with Gasteiger partial charge in [-0.25, -0.2) is 23.5 Å². The number of hydrogen-bond donors (Lipinski definition) is 3. The highest BCUT2D eigenvalue weighted by molar-refractivity contribution is 5.99. The molecule has 5 heterocycles. The summed E-state index contributed by atoms with van der Waals surface area (Å²) in [4.78, 5) is 23.1.